The average Bonchev–Trinajstić information content (AvgIpc) is 2.38. The third kappa shape index (κ3) is 2.95. The van der Waals surface area contributed by atoms with Crippen LogP contribution in [0.5, 0.6) is 0 Å². The lowest BCUT2D eigenvalue weighted by Gasteiger charge is -2.16. The summed E-state index contributed by atoms with van der Waals surface area (Å²) in [4.78, 5) is 0. The first-order valence-corrected chi connectivity index (χ1v) is 6.54. The van der Waals surface area contributed by atoms with Crippen molar-refractivity contribution in [3.8, 4) is 0 Å². The first kappa shape index (κ1) is 13.6. The van der Waals surface area contributed by atoms with E-state index in [4.69, 9.17) is 0 Å². The topological polar surface area (TPSA) is 12.0 Å². The molecule has 0 aliphatic heterocycles. The van der Waals surface area contributed by atoms with Crippen LogP contribution in [0.3, 0.4) is 0 Å². The van der Waals surface area contributed by atoms with Crippen molar-refractivity contribution in [3.05, 3.63) is 64.0 Å². The molecule has 19 heavy (non-hydrogen) atoms. The van der Waals surface area contributed by atoms with Gasteiger partial charge in [0.2, 0.25) is 0 Å². The number of aryl methyl sites for hydroxylation is 2. The van der Waals surface area contributed by atoms with E-state index < -0.39 is 0 Å². The lowest BCUT2D eigenvalue weighted by atomic mass is 9.94. The molecule has 0 spiro atoms. The Morgan fingerprint density at radius 3 is 1.95 bits per heavy atom. The molecule has 100 valence electrons. The summed E-state index contributed by atoms with van der Waals surface area (Å²) in [6, 6.07) is 8.71. The van der Waals surface area contributed by atoms with Gasteiger partial charge >= 0.3 is 0 Å². The molecule has 0 fully saturated rings. The van der Waals surface area contributed by atoms with Crippen LogP contribution in [0.15, 0.2) is 30.3 Å². The second-order valence-electron chi connectivity index (χ2n) is 5.10. The molecule has 0 radical (unpaired) electrons. The summed E-state index contributed by atoms with van der Waals surface area (Å²) in [6.07, 6.45) is 0. The molecule has 1 N–H and O–H groups in total. The van der Waals surface area contributed by atoms with Gasteiger partial charge in [-0.25, -0.2) is 4.39 Å². The van der Waals surface area contributed by atoms with Crippen molar-refractivity contribution in [1.29, 1.82) is 0 Å². The highest BCUT2D eigenvalue weighted by Gasteiger charge is 2.08. The molecule has 0 heterocycles. The lowest BCUT2D eigenvalue weighted by molar-refractivity contribution is 0.628. The number of rotatable bonds is 3. The summed E-state index contributed by atoms with van der Waals surface area (Å²) in [5, 5.41) is 3.36. The van der Waals surface area contributed by atoms with Crippen molar-refractivity contribution < 1.29 is 4.39 Å². The Kier molecular flexibility index (Phi) is 3.89. The standard InChI is InChI=1S/C17H20FN/c1-11-9-12(2)14(4)17(13(11)3)10-19-16-7-5-15(18)6-8-16/h5-9,19H,10H2,1-4H3. The number of anilines is 1. The van der Waals surface area contributed by atoms with Crippen LogP contribution < -0.4 is 5.32 Å². The fourth-order valence-corrected chi connectivity index (χ4v) is 2.32. The zero-order valence-corrected chi connectivity index (χ0v) is 12.0. The summed E-state index contributed by atoms with van der Waals surface area (Å²) in [5.41, 5.74) is 7.58. The van der Waals surface area contributed by atoms with Crippen molar-refractivity contribution in [2.75, 3.05) is 5.32 Å². The monoisotopic (exact) mass is 257 g/mol. The maximum absolute atomic E-state index is 12.9. The van der Waals surface area contributed by atoms with Gasteiger partial charge in [0.05, 0.1) is 0 Å². The molecule has 0 bridgehead atoms. The van der Waals surface area contributed by atoms with Crippen LogP contribution in [0.25, 0.3) is 0 Å². The SMILES string of the molecule is Cc1cc(C)c(C)c(CNc2ccc(F)cc2)c1C. The van der Waals surface area contributed by atoms with Crippen molar-refractivity contribution in [3.63, 3.8) is 0 Å². The van der Waals surface area contributed by atoms with Crippen LogP contribution in [0, 0.1) is 33.5 Å². The van der Waals surface area contributed by atoms with Gasteiger partial charge in [0.1, 0.15) is 5.82 Å². The molecule has 2 aromatic rings. The van der Waals surface area contributed by atoms with Gasteiger partial charge in [-0.15, -0.1) is 0 Å². The smallest absolute Gasteiger partial charge is 0.123 e. The summed E-state index contributed by atoms with van der Waals surface area (Å²) in [6.45, 7) is 9.37. The van der Waals surface area contributed by atoms with Crippen molar-refractivity contribution >= 4 is 5.69 Å². The van der Waals surface area contributed by atoms with Crippen LogP contribution >= 0.6 is 0 Å². The Morgan fingerprint density at radius 1 is 0.895 bits per heavy atom. The quantitative estimate of drug-likeness (QED) is 0.842. The third-order valence-electron chi connectivity index (χ3n) is 3.83. The number of hydrogen-bond acceptors (Lipinski definition) is 1. The van der Waals surface area contributed by atoms with Gasteiger partial charge in [-0.3, -0.25) is 0 Å². The molecule has 2 rings (SSSR count). The van der Waals surface area contributed by atoms with E-state index in [0.717, 1.165) is 12.2 Å². The van der Waals surface area contributed by atoms with Gasteiger partial charge in [-0.05, 0) is 79.8 Å². The fourth-order valence-electron chi connectivity index (χ4n) is 2.32. The number of nitrogens with one attached hydrogen (secondary N) is 1. The maximum Gasteiger partial charge on any atom is 0.123 e. The van der Waals surface area contributed by atoms with Crippen LogP contribution in [-0.4, -0.2) is 0 Å². The molecule has 0 unspecified atom stereocenters. The average molecular weight is 257 g/mol. The first-order valence-electron chi connectivity index (χ1n) is 6.54. The van der Waals surface area contributed by atoms with Gasteiger partial charge < -0.3 is 5.32 Å². The van der Waals surface area contributed by atoms with E-state index in [1.165, 1.54) is 39.9 Å². The highest BCUT2D eigenvalue weighted by atomic mass is 19.1. The summed E-state index contributed by atoms with van der Waals surface area (Å²) >= 11 is 0. The van der Waals surface area contributed by atoms with Gasteiger partial charge in [-0.1, -0.05) is 6.07 Å². The summed E-state index contributed by atoms with van der Waals surface area (Å²) in [7, 11) is 0. The van der Waals surface area contributed by atoms with Crippen LogP contribution in [0.1, 0.15) is 27.8 Å². The molecule has 0 saturated carbocycles. The molecule has 0 atom stereocenters. The van der Waals surface area contributed by atoms with Gasteiger partial charge in [0.25, 0.3) is 0 Å². The van der Waals surface area contributed by atoms with Gasteiger partial charge in [0, 0.05) is 12.2 Å². The molecular formula is C17H20FN. The largest absolute Gasteiger partial charge is 0.381 e. The Morgan fingerprint density at radius 2 is 1.42 bits per heavy atom. The van der Waals surface area contributed by atoms with E-state index in [1.54, 1.807) is 12.1 Å². The molecule has 2 heteroatoms. The number of halogens is 1. The van der Waals surface area contributed by atoms with Crippen molar-refractivity contribution in [2.45, 2.75) is 34.2 Å². The molecule has 0 saturated heterocycles. The fraction of sp³-hybridized carbons (Fsp3) is 0.294. The second kappa shape index (κ2) is 5.43. The Bertz CT molecular complexity index is 559. The number of benzene rings is 2. The first-order chi connectivity index (χ1) is 8.99. The minimum Gasteiger partial charge on any atom is -0.381 e. The Balaban J connectivity index is 2.22. The van der Waals surface area contributed by atoms with E-state index in [1.807, 2.05) is 0 Å². The Hall–Kier alpha value is -1.83. The molecule has 2 aromatic carbocycles. The minimum atomic E-state index is -0.204. The molecule has 0 amide bonds. The predicted molar refractivity (Wildman–Crippen MR) is 79.1 cm³/mol. The molecule has 0 aliphatic rings. The van der Waals surface area contributed by atoms with E-state index in [2.05, 4.69) is 39.1 Å². The molecular weight excluding hydrogens is 237 g/mol. The molecule has 1 nitrogen and oxygen atoms in total. The van der Waals surface area contributed by atoms with Crippen LogP contribution in [-0.2, 0) is 6.54 Å². The minimum absolute atomic E-state index is 0.204. The van der Waals surface area contributed by atoms with E-state index in [-0.39, 0.29) is 5.82 Å². The van der Waals surface area contributed by atoms with Crippen molar-refractivity contribution in [1.82, 2.24) is 0 Å². The lowest BCUT2D eigenvalue weighted by Crippen LogP contribution is -2.06. The number of hydrogen-bond donors (Lipinski definition) is 1. The Labute approximate surface area is 114 Å². The normalized spacial score (nSPS) is 10.6. The molecule has 0 aliphatic carbocycles. The molecule has 0 aromatic heterocycles. The highest BCUT2D eigenvalue weighted by molar-refractivity contribution is 5.48. The summed E-state index contributed by atoms with van der Waals surface area (Å²) < 4.78 is 12.9. The third-order valence-corrected chi connectivity index (χ3v) is 3.83. The maximum atomic E-state index is 12.9. The summed E-state index contributed by atoms with van der Waals surface area (Å²) in [5.74, 6) is -0.204. The van der Waals surface area contributed by atoms with Gasteiger partial charge in [-0.2, -0.15) is 0 Å². The van der Waals surface area contributed by atoms with Crippen molar-refractivity contribution in [2.24, 2.45) is 0 Å². The van der Waals surface area contributed by atoms with E-state index >= 15 is 0 Å². The second-order valence-corrected chi connectivity index (χ2v) is 5.10. The zero-order valence-electron chi connectivity index (χ0n) is 12.0. The van der Waals surface area contributed by atoms with Crippen LogP contribution in [0.4, 0.5) is 10.1 Å². The van der Waals surface area contributed by atoms with Crippen LogP contribution in [0.2, 0.25) is 0 Å². The van der Waals surface area contributed by atoms with E-state index in [9.17, 15) is 4.39 Å². The predicted octanol–water partition coefficient (Wildman–Crippen LogP) is 4.67. The van der Waals surface area contributed by atoms with Gasteiger partial charge in [0.15, 0.2) is 0 Å². The highest BCUT2D eigenvalue weighted by Crippen LogP contribution is 2.22. The van der Waals surface area contributed by atoms with E-state index in [0.29, 0.717) is 0 Å². The zero-order chi connectivity index (χ0) is 14.0.